The van der Waals surface area contributed by atoms with Gasteiger partial charge in [-0.2, -0.15) is 0 Å². The van der Waals surface area contributed by atoms with E-state index in [0.29, 0.717) is 0 Å². The molecule has 6 heteroatoms. The Hall–Kier alpha value is -0.530. The van der Waals surface area contributed by atoms with E-state index in [4.69, 9.17) is 20.4 Å². The van der Waals surface area contributed by atoms with Crippen LogP contribution in [0.4, 0.5) is 0 Å². The highest BCUT2D eigenvalue weighted by Crippen LogP contribution is 1.91. The largest absolute Gasteiger partial charge is 0.394 e. The Morgan fingerprint density at radius 2 is 1.92 bits per heavy atom. The maximum atomic E-state index is 10.4. The smallest absolute Gasteiger partial charge is 0.217 e. The zero-order valence-corrected chi connectivity index (χ0v) is 6.38. The van der Waals surface area contributed by atoms with E-state index >= 15 is 0 Å². The Balaban J connectivity index is 3.56. The third-order valence-corrected chi connectivity index (χ3v) is 1.09. The molecule has 12 heavy (non-hydrogen) atoms. The lowest BCUT2D eigenvalue weighted by Gasteiger charge is -2.11. The lowest BCUT2D eigenvalue weighted by Crippen LogP contribution is -2.31. The third kappa shape index (κ3) is 4.37. The van der Waals surface area contributed by atoms with Crippen molar-refractivity contribution < 1.29 is 30.0 Å². The molecule has 0 aromatic heterocycles. The molecule has 0 heterocycles. The average Bonchev–Trinajstić information content (AvgIpc) is 2.11. The zero-order valence-electron chi connectivity index (χ0n) is 6.38. The number of ketones is 1. The van der Waals surface area contributed by atoms with Crippen LogP contribution in [0.1, 0.15) is 0 Å². The van der Waals surface area contributed by atoms with Crippen molar-refractivity contribution in [2.24, 2.45) is 0 Å². The van der Waals surface area contributed by atoms with E-state index in [1.165, 1.54) is 0 Å². The summed E-state index contributed by atoms with van der Waals surface area (Å²) in [5.74, 6) is -0.889. The molecule has 0 spiro atoms. The van der Waals surface area contributed by atoms with Gasteiger partial charge in [0.05, 0.1) is 13.2 Å². The van der Waals surface area contributed by atoms with Crippen LogP contribution in [-0.4, -0.2) is 58.4 Å². The van der Waals surface area contributed by atoms with Gasteiger partial charge in [0, 0.05) is 0 Å². The second-order valence-electron chi connectivity index (χ2n) is 2.15. The van der Waals surface area contributed by atoms with Gasteiger partial charge in [0.1, 0.15) is 12.7 Å². The third-order valence-electron chi connectivity index (χ3n) is 1.09. The molecular weight excluding hydrogens is 168 g/mol. The number of rotatable bonds is 6. The van der Waals surface area contributed by atoms with E-state index in [0.717, 1.165) is 0 Å². The molecule has 6 nitrogen and oxygen atoms in total. The number of carbonyl (C=O) groups is 1. The molecule has 2 atom stereocenters. The highest BCUT2D eigenvalue weighted by Gasteiger charge is 2.15. The van der Waals surface area contributed by atoms with E-state index in [-0.39, 0.29) is 6.61 Å². The highest BCUT2D eigenvalue weighted by atomic mass is 16.6. The fourth-order valence-electron chi connectivity index (χ4n) is 0.426. The maximum absolute atomic E-state index is 10.4. The van der Waals surface area contributed by atoms with Crippen LogP contribution in [0.15, 0.2) is 0 Å². The Morgan fingerprint density at radius 1 is 1.33 bits per heavy atom. The summed E-state index contributed by atoms with van der Waals surface area (Å²) in [5.41, 5.74) is 0. The van der Waals surface area contributed by atoms with Gasteiger partial charge < -0.3 is 25.2 Å². The van der Waals surface area contributed by atoms with Crippen molar-refractivity contribution in [1.29, 1.82) is 0 Å². The number of aliphatic hydroxyl groups is 4. The van der Waals surface area contributed by atoms with Gasteiger partial charge in [0.25, 0.3) is 0 Å². The Kier molecular flexibility index (Phi) is 5.77. The quantitative estimate of drug-likeness (QED) is 0.330. The molecule has 0 saturated carbocycles. The fraction of sp³-hybridized carbons (Fsp3) is 0.833. The molecule has 0 amide bonds. The van der Waals surface area contributed by atoms with Crippen LogP contribution < -0.4 is 0 Å². The van der Waals surface area contributed by atoms with Gasteiger partial charge >= 0.3 is 0 Å². The number of Topliss-reactive ketones (excluding diaryl/α,β-unsaturated/α-hetero) is 1. The first-order valence-corrected chi connectivity index (χ1v) is 3.34. The van der Waals surface area contributed by atoms with Gasteiger partial charge in [-0.1, -0.05) is 0 Å². The molecule has 0 saturated heterocycles. The maximum Gasteiger partial charge on any atom is 0.217 e. The van der Waals surface area contributed by atoms with Crippen molar-refractivity contribution in [2.45, 2.75) is 12.4 Å². The monoisotopic (exact) mass is 180 g/mol. The molecule has 0 rings (SSSR count). The number of aliphatic hydroxyl groups excluding tert-OH is 4. The minimum absolute atomic E-state index is 0.358. The summed E-state index contributed by atoms with van der Waals surface area (Å²) in [6.45, 7) is -1.69. The van der Waals surface area contributed by atoms with Crippen molar-refractivity contribution in [1.82, 2.24) is 0 Å². The van der Waals surface area contributed by atoms with E-state index in [1.54, 1.807) is 0 Å². The van der Waals surface area contributed by atoms with Crippen LogP contribution in [-0.2, 0) is 9.53 Å². The van der Waals surface area contributed by atoms with Crippen LogP contribution >= 0.6 is 0 Å². The number of hydrogen-bond donors (Lipinski definition) is 4. The van der Waals surface area contributed by atoms with E-state index in [9.17, 15) is 4.79 Å². The topological polar surface area (TPSA) is 107 Å². The van der Waals surface area contributed by atoms with Crippen molar-refractivity contribution >= 4 is 5.78 Å². The summed E-state index contributed by atoms with van der Waals surface area (Å²) < 4.78 is 4.38. The summed E-state index contributed by atoms with van der Waals surface area (Å²) >= 11 is 0. The second-order valence-corrected chi connectivity index (χ2v) is 2.15. The molecule has 2 unspecified atom stereocenters. The predicted molar refractivity (Wildman–Crippen MR) is 37.1 cm³/mol. The molecule has 0 radical (unpaired) electrons. The van der Waals surface area contributed by atoms with Gasteiger partial charge in [-0.3, -0.25) is 4.79 Å². The van der Waals surface area contributed by atoms with Crippen molar-refractivity contribution in [3.8, 4) is 0 Å². The van der Waals surface area contributed by atoms with Crippen LogP contribution in [0, 0.1) is 0 Å². The van der Waals surface area contributed by atoms with Gasteiger partial charge in [-0.15, -0.1) is 0 Å². The average molecular weight is 180 g/mol. The molecule has 0 aliphatic carbocycles. The molecular formula is C6H12O6. The number of ether oxygens (including phenoxy) is 1. The first-order chi connectivity index (χ1) is 5.61. The van der Waals surface area contributed by atoms with Crippen molar-refractivity contribution in [3.63, 3.8) is 0 Å². The van der Waals surface area contributed by atoms with Crippen molar-refractivity contribution in [2.75, 3.05) is 19.8 Å². The van der Waals surface area contributed by atoms with Gasteiger partial charge in [0.15, 0.2) is 0 Å². The Bertz CT molecular complexity index is 136. The van der Waals surface area contributed by atoms with Crippen LogP contribution in [0.25, 0.3) is 0 Å². The SMILES string of the molecule is O=C(CO)C(O)OCC(O)CO. The lowest BCUT2D eigenvalue weighted by atomic mass is 10.4. The summed E-state index contributed by atoms with van der Waals surface area (Å²) in [4.78, 5) is 10.4. The summed E-state index contributed by atoms with van der Waals surface area (Å²) in [6, 6.07) is 0. The molecule has 0 aromatic carbocycles. The molecule has 4 N–H and O–H groups in total. The normalized spacial score (nSPS) is 15.7. The molecule has 0 aromatic rings. The molecule has 0 fully saturated rings. The van der Waals surface area contributed by atoms with E-state index in [1.807, 2.05) is 0 Å². The molecule has 0 aliphatic heterocycles. The molecule has 0 bridgehead atoms. The predicted octanol–water partition coefficient (Wildman–Crippen LogP) is -2.76. The number of carbonyl (C=O) groups excluding carboxylic acids is 1. The van der Waals surface area contributed by atoms with Crippen LogP contribution in [0.5, 0.6) is 0 Å². The van der Waals surface area contributed by atoms with Gasteiger partial charge in [0.2, 0.25) is 12.1 Å². The van der Waals surface area contributed by atoms with Crippen LogP contribution in [0.3, 0.4) is 0 Å². The Morgan fingerprint density at radius 3 is 2.33 bits per heavy atom. The highest BCUT2D eigenvalue weighted by molar-refractivity contribution is 5.82. The number of hydrogen-bond acceptors (Lipinski definition) is 6. The minimum atomic E-state index is -1.74. The van der Waals surface area contributed by atoms with Gasteiger partial charge in [-0.05, 0) is 0 Å². The molecule has 0 aliphatic rings. The fourth-order valence-corrected chi connectivity index (χ4v) is 0.426. The van der Waals surface area contributed by atoms with Crippen molar-refractivity contribution in [3.05, 3.63) is 0 Å². The first-order valence-electron chi connectivity index (χ1n) is 3.34. The summed E-state index contributed by atoms with van der Waals surface area (Å²) in [5, 5.41) is 34.0. The summed E-state index contributed by atoms with van der Waals surface area (Å²) in [7, 11) is 0. The van der Waals surface area contributed by atoms with Gasteiger partial charge in [-0.25, -0.2) is 0 Å². The molecule has 72 valence electrons. The Labute approximate surface area is 69.0 Å². The second kappa shape index (κ2) is 6.04. The van der Waals surface area contributed by atoms with Crippen LogP contribution in [0.2, 0.25) is 0 Å². The zero-order chi connectivity index (χ0) is 9.56. The standard InChI is InChI=1S/C6H12O6/c7-1-4(9)3-12-6(11)5(10)2-8/h4,6-9,11H,1-3H2. The summed E-state index contributed by atoms with van der Waals surface area (Å²) in [6.07, 6.45) is -2.87. The minimum Gasteiger partial charge on any atom is -0.394 e. The first kappa shape index (κ1) is 11.5. The van der Waals surface area contributed by atoms with E-state index in [2.05, 4.69) is 4.74 Å². The van der Waals surface area contributed by atoms with E-state index < -0.39 is 31.4 Å². The lowest BCUT2D eigenvalue weighted by molar-refractivity contribution is -0.165.